The van der Waals surface area contributed by atoms with Crippen molar-refractivity contribution in [3.05, 3.63) is 36.5 Å². The number of hydrogen-bond donors (Lipinski definition) is 3. The molecular formula is C73H139NO5. The Morgan fingerprint density at radius 2 is 0.633 bits per heavy atom. The molecule has 0 aromatic carbocycles. The smallest absolute Gasteiger partial charge is 0.305 e. The number of nitrogens with one attached hydrogen (secondary N) is 1. The maximum Gasteiger partial charge on any atom is 0.305 e. The largest absolute Gasteiger partial charge is 0.466 e. The topological polar surface area (TPSA) is 95.9 Å². The van der Waals surface area contributed by atoms with E-state index in [0.29, 0.717) is 25.9 Å². The number of ether oxygens (including phenoxy) is 1. The highest BCUT2D eigenvalue weighted by Crippen LogP contribution is 2.18. The zero-order chi connectivity index (χ0) is 57.1. The third kappa shape index (κ3) is 65.1. The molecule has 0 spiro atoms. The van der Waals surface area contributed by atoms with Gasteiger partial charge in [-0.3, -0.25) is 9.59 Å². The second-order valence-electron chi connectivity index (χ2n) is 24.6. The van der Waals surface area contributed by atoms with Crippen LogP contribution in [0.1, 0.15) is 393 Å². The standard InChI is InChI=1S/C73H139NO5/c1-3-5-7-9-11-13-15-17-19-34-37-41-45-49-53-57-61-65-71(76)70(69-75)74-72(77)66-62-58-54-50-46-42-38-35-32-30-28-26-24-22-21-23-25-27-29-31-33-36-40-44-48-52-56-60-64-68-79-73(78)67-63-59-55-51-47-43-39-20-18-16-14-12-10-8-6-4-2/h20-21,23,27,29,39,70-71,75-76H,3-19,22,24-26,28,30-38,40-69H2,1-2H3,(H,74,77)/b23-21-,29-27-,39-20-. The molecule has 0 aliphatic rings. The third-order valence-electron chi connectivity index (χ3n) is 16.7. The van der Waals surface area contributed by atoms with Crippen LogP contribution < -0.4 is 5.32 Å². The minimum absolute atomic E-state index is 0.00511. The van der Waals surface area contributed by atoms with Gasteiger partial charge < -0.3 is 20.3 Å². The first-order chi connectivity index (χ1) is 39.0. The van der Waals surface area contributed by atoms with Gasteiger partial charge in [-0.25, -0.2) is 0 Å². The SMILES string of the molecule is CCCCCCCCC/C=C\CCCCCCCC(=O)OCCCCCCCCCCC/C=C\C/C=C\CCCCCCCCCCCCCCCC(=O)NC(CO)C(O)CCCCCCCCCCCCCCCCCCC. The van der Waals surface area contributed by atoms with Crippen molar-refractivity contribution in [2.75, 3.05) is 13.2 Å². The zero-order valence-corrected chi connectivity index (χ0v) is 53.4. The van der Waals surface area contributed by atoms with Gasteiger partial charge in [-0.05, 0) is 83.5 Å². The van der Waals surface area contributed by atoms with Crippen LogP contribution >= 0.6 is 0 Å². The molecule has 466 valence electrons. The zero-order valence-electron chi connectivity index (χ0n) is 53.4. The van der Waals surface area contributed by atoms with Crippen molar-refractivity contribution >= 4 is 11.9 Å². The first-order valence-electron chi connectivity index (χ1n) is 35.7. The normalized spacial score (nSPS) is 12.7. The molecule has 0 bridgehead atoms. The Balaban J connectivity index is 3.40. The number of esters is 1. The molecule has 0 fully saturated rings. The van der Waals surface area contributed by atoms with Gasteiger partial charge in [0.15, 0.2) is 0 Å². The molecule has 3 N–H and O–H groups in total. The second kappa shape index (κ2) is 68.6. The highest BCUT2D eigenvalue weighted by Gasteiger charge is 2.20. The molecule has 0 saturated heterocycles. The van der Waals surface area contributed by atoms with Gasteiger partial charge in [0.25, 0.3) is 0 Å². The minimum Gasteiger partial charge on any atom is -0.466 e. The maximum atomic E-state index is 12.5. The molecule has 0 heterocycles. The number of aliphatic hydroxyl groups is 2. The van der Waals surface area contributed by atoms with Crippen molar-refractivity contribution in [3.63, 3.8) is 0 Å². The number of unbranched alkanes of at least 4 members (excludes halogenated alkanes) is 50. The summed E-state index contributed by atoms with van der Waals surface area (Å²) in [5, 5.41) is 23.4. The van der Waals surface area contributed by atoms with Crippen molar-refractivity contribution in [1.29, 1.82) is 0 Å². The lowest BCUT2D eigenvalue weighted by Crippen LogP contribution is -2.45. The number of aliphatic hydroxyl groups excluding tert-OH is 2. The quantitative estimate of drug-likeness (QED) is 0.0320. The van der Waals surface area contributed by atoms with Crippen LogP contribution in [-0.2, 0) is 14.3 Å². The van der Waals surface area contributed by atoms with Crippen molar-refractivity contribution < 1.29 is 24.5 Å². The lowest BCUT2D eigenvalue weighted by molar-refractivity contribution is -0.143. The maximum absolute atomic E-state index is 12.5. The molecule has 79 heavy (non-hydrogen) atoms. The van der Waals surface area contributed by atoms with Crippen LogP contribution in [0.4, 0.5) is 0 Å². The summed E-state index contributed by atoms with van der Waals surface area (Å²) in [4.78, 5) is 24.6. The Bertz CT molecular complexity index is 1280. The van der Waals surface area contributed by atoms with E-state index < -0.39 is 12.1 Å². The summed E-state index contributed by atoms with van der Waals surface area (Å²) in [5.74, 6) is -0.0278. The first kappa shape index (κ1) is 77.1. The van der Waals surface area contributed by atoms with Gasteiger partial charge in [0.1, 0.15) is 0 Å². The fraction of sp³-hybridized carbons (Fsp3) is 0.890. The highest BCUT2D eigenvalue weighted by molar-refractivity contribution is 5.76. The molecular weight excluding hydrogens is 971 g/mol. The molecule has 0 aliphatic carbocycles. The van der Waals surface area contributed by atoms with Crippen LogP contribution in [0.15, 0.2) is 36.5 Å². The van der Waals surface area contributed by atoms with Gasteiger partial charge >= 0.3 is 5.97 Å². The molecule has 6 heteroatoms. The van der Waals surface area contributed by atoms with Gasteiger partial charge in [-0.2, -0.15) is 0 Å². The fourth-order valence-electron chi connectivity index (χ4n) is 11.2. The predicted molar refractivity (Wildman–Crippen MR) is 347 cm³/mol. The number of carbonyl (C=O) groups excluding carboxylic acids is 2. The molecule has 0 aliphatic heterocycles. The molecule has 2 atom stereocenters. The lowest BCUT2D eigenvalue weighted by atomic mass is 10.0. The van der Waals surface area contributed by atoms with E-state index in [1.165, 1.54) is 308 Å². The van der Waals surface area contributed by atoms with Gasteiger partial charge in [-0.15, -0.1) is 0 Å². The van der Waals surface area contributed by atoms with E-state index in [1.807, 2.05) is 0 Å². The Kier molecular flexibility index (Phi) is 66.9. The van der Waals surface area contributed by atoms with Crippen LogP contribution in [0.3, 0.4) is 0 Å². The summed E-state index contributed by atoms with van der Waals surface area (Å²) >= 11 is 0. The Morgan fingerprint density at radius 3 is 0.975 bits per heavy atom. The van der Waals surface area contributed by atoms with E-state index in [4.69, 9.17) is 4.74 Å². The summed E-state index contributed by atoms with van der Waals surface area (Å²) in [5.41, 5.74) is 0. The lowest BCUT2D eigenvalue weighted by Gasteiger charge is -2.22. The first-order valence-corrected chi connectivity index (χ1v) is 35.7. The van der Waals surface area contributed by atoms with Crippen LogP contribution in [0.5, 0.6) is 0 Å². The summed E-state index contributed by atoms with van der Waals surface area (Å²) in [6.07, 6.45) is 87.6. The van der Waals surface area contributed by atoms with Gasteiger partial charge in [0, 0.05) is 12.8 Å². The number of rotatable bonds is 67. The fourth-order valence-corrected chi connectivity index (χ4v) is 11.2. The van der Waals surface area contributed by atoms with Crippen LogP contribution in [0, 0.1) is 0 Å². The third-order valence-corrected chi connectivity index (χ3v) is 16.7. The van der Waals surface area contributed by atoms with Gasteiger partial charge in [0.2, 0.25) is 5.91 Å². The van der Waals surface area contributed by atoms with E-state index in [0.717, 1.165) is 51.4 Å². The van der Waals surface area contributed by atoms with Crippen molar-refractivity contribution in [1.82, 2.24) is 5.32 Å². The predicted octanol–water partition coefficient (Wildman–Crippen LogP) is 23.1. The highest BCUT2D eigenvalue weighted by atomic mass is 16.5. The molecule has 1 amide bonds. The van der Waals surface area contributed by atoms with E-state index in [-0.39, 0.29) is 18.5 Å². The van der Waals surface area contributed by atoms with Gasteiger partial charge in [0.05, 0.1) is 25.4 Å². The van der Waals surface area contributed by atoms with E-state index in [1.54, 1.807) is 0 Å². The Morgan fingerprint density at radius 1 is 0.354 bits per heavy atom. The number of carbonyl (C=O) groups is 2. The van der Waals surface area contributed by atoms with Crippen LogP contribution in [0.25, 0.3) is 0 Å². The minimum atomic E-state index is -0.666. The second-order valence-corrected chi connectivity index (χ2v) is 24.6. The average molecular weight is 1110 g/mol. The van der Waals surface area contributed by atoms with E-state index in [9.17, 15) is 19.8 Å². The summed E-state index contributed by atoms with van der Waals surface area (Å²) < 4.78 is 5.49. The van der Waals surface area contributed by atoms with E-state index in [2.05, 4.69) is 55.6 Å². The molecule has 2 unspecified atom stereocenters. The number of allylic oxidation sites excluding steroid dienone is 6. The van der Waals surface area contributed by atoms with Crippen molar-refractivity contribution in [2.45, 2.75) is 405 Å². The molecule has 0 radical (unpaired) electrons. The molecule has 0 aromatic rings. The van der Waals surface area contributed by atoms with Crippen LogP contribution in [-0.4, -0.2) is 47.4 Å². The molecule has 0 aromatic heterocycles. The Labute approximate surface area is 494 Å². The molecule has 0 rings (SSSR count). The van der Waals surface area contributed by atoms with E-state index >= 15 is 0 Å². The summed E-state index contributed by atoms with van der Waals surface area (Å²) in [6, 6.07) is -0.543. The van der Waals surface area contributed by atoms with Crippen molar-refractivity contribution in [3.8, 4) is 0 Å². The Hall–Kier alpha value is -1.92. The average Bonchev–Trinajstić information content (AvgIpc) is 3.45. The van der Waals surface area contributed by atoms with Crippen molar-refractivity contribution in [2.24, 2.45) is 0 Å². The molecule has 6 nitrogen and oxygen atoms in total. The number of hydrogen-bond acceptors (Lipinski definition) is 5. The monoisotopic (exact) mass is 1110 g/mol. The number of amides is 1. The summed E-state index contributed by atoms with van der Waals surface area (Å²) in [6.45, 7) is 4.97. The van der Waals surface area contributed by atoms with Gasteiger partial charge in [-0.1, -0.05) is 333 Å². The molecule has 0 saturated carbocycles. The summed E-state index contributed by atoms with van der Waals surface area (Å²) in [7, 11) is 0. The van der Waals surface area contributed by atoms with Crippen LogP contribution in [0.2, 0.25) is 0 Å².